The van der Waals surface area contributed by atoms with Crippen molar-refractivity contribution in [2.24, 2.45) is 0 Å². The largest absolute Gasteiger partial charge is 0.392 e. The van der Waals surface area contributed by atoms with Gasteiger partial charge in [0.25, 0.3) is 0 Å². The van der Waals surface area contributed by atoms with Crippen LogP contribution in [0.3, 0.4) is 0 Å². The Hall–Kier alpha value is -0.450. The van der Waals surface area contributed by atoms with Crippen molar-refractivity contribution >= 4 is 15.9 Å². The molecule has 1 heterocycles. The van der Waals surface area contributed by atoms with Crippen LogP contribution in [-0.2, 0) is 6.54 Å². The van der Waals surface area contributed by atoms with Crippen LogP contribution in [0, 0.1) is 5.82 Å². The van der Waals surface area contributed by atoms with E-state index in [1.165, 1.54) is 6.07 Å². The van der Waals surface area contributed by atoms with Crippen LogP contribution in [0.2, 0.25) is 0 Å². The van der Waals surface area contributed by atoms with Crippen molar-refractivity contribution in [2.75, 3.05) is 13.1 Å². The molecule has 1 N–H and O–H groups in total. The number of halogens is 2. The van der Waals surface area contributed by atoms with Crippen LogP contribution >= 0.6 is 15.9 Å². The second-order valence-electron chi connectivity index (χ2n) is 4.27. The van der Waals surface area contributed by atoms with Crippen LogP contribution in [0.25, 0.3) is 0 Å². The van der Waals surface area contributed by atoms with E-state index in [1.807, 2.05) is 0 Å². The second-order valence-corrected chi connectivity index (χ2v) is 5.18. The molecule has 4 heteroatoms. The summed E-state index contributed by atoms with van der Waals surface area (Å²) >= 11 is 3.34. The second kappa shape index (κ2) is 5.25. The first-order chi connectivity index (χ1) is 7.65. The van der Waals surface area contributed by atoms with Gasteiger partial charge in [0, 0.05) is 23.1 Å². The van der Waals surface area contributed by atoms with E-state index < -0.39 is 0 Å². The molecule has 1 aromatic rings. The molecule has 16 heavy (non-hydrogen) atoms. The molecule has 1 atom stereocenters. The smallest absolute Gasteiger partial charge is 0.127 e. The summed E-state index contributed by atoms with van der Waals surface area (Å²) in [5.41, 5.74) is 0.684. The zero-order chi connectivity index (χ0) is 11.5. The van der Waals surface area contributed by atoms with Gasteiger partial charge in [0.2, 0.25) is 0 Å². The summed E-state index contributed by atoms with van der Waals surface area (Å²) in [6, 6.07) is 4.97. The molecule has 0 radical (unpaired) electrons. The predicted octanol–water partition coefficient (Wildman–Crippen LogP) is 2.54. The number of benzene rings is 1. The third kappa shape index (κ3) is 3.03. The quantitative estimate of drug-likeness (QED) is 0.904. The van der Waals surface area contributed by atoms with Gasteiger partial charge >= 0.3 is 0 Å². The Balaban J connectivity index is 2.05. The fourth-order valence-electron chi connectivity index (χ4n) is 2.08. The molecule has 0 spiro atoms. The molecule has 1 aliphatic heterocycles. The third-order valence-corrected chi connectivity index (χ3v) is 3.38. The minimum Gasteiger partial charge on any atom is -0.392 e. The van der Waals surface area contributed by atoms with Gasteiger partial charge in [-0.25, -0.2) is 4.39 Å². The van der Waals surface area contributed by atoms with Crippen LogP contribution < -0.4 is 0 Å². The molecule has 2 nitrogen and oxygen atoms in total. The lowest BCUT2D eigenvalue weighted by molar-refractivity contribution is 0.0662. The Morgan fingerprint density at radius 2 is 2.31 bits per heavy atom. The molecule has 1 fully saturated rings. The van der Waals surface area contributed by atoms with Gasteiger partial charge in [0.05, 0.1) is 6.10 Å². The van der Waals surface area contributed by atoms with Gasteiger partial charge in [-0.2, -0.15) is 0 Å². The highest BCUT2D eigenvalue weighted by molar-refractivity contribution is 9.10. The zero-order valence-electron chi connectivity index (χ0n) is 9.00. The summed E-state index contributed by atoms with van der Waals surface area (Å²) in [4.78, 5) is 2.10. The predicted molar refractivity (Wildman–Crippen MR) is 64.6 cm³/mol. The van der Waals surface area contributed by atoms with Crippen molar-refractivity contribution in [3.8, 4) is 0 Å². The Labute approximate surface area is 103 Å². The highest BCUT2D eigenvalue weighted by Crippen LogP contribution is 2.19. The molecular weight excluding hydrogens is 273 g/mol. The minimum atomic E-state index is -0.260. The normalized spacial score (nSPS) is 22.3. The SMILES string of the molecule is OC1CCCN(Cc2cc(Br)ccc2F)C1. The van der Waals surface area contributed by atoms with Crippen LogP contribution in [0.1, 0.15) is 18.4 Å². The Morgan fingerprint density at radius 3 is 3.06 bits per heavy atom. The number of rotatable bonds is 2. The number of β-amino-alcohol motifs (C(OH)–C–C–N with tert-alkyl or cyclic N) is 1. The summed E-state index contributed by atoms with van der Waals surface area (Å²) in [6.45, 7) is 2.15. The van der Waals surface area contributed by atoms with Crippen molar-refractivity contribution in [3.63, 3.8) is 0 Å². The lowest BCUT2D eigenvalue weighted by atomic mass is 10.1. The van der Waals surface area contributed by atoms with Gasteiger partial charge in [0.15, 0.2) is 0 Å². The maximum atomic E-state index is 13.5. The van der Waals surface area contributed by atoms with E-state index in [9.17, 15) is 9.50 Å². The van der Waals surface area contributed by atoms with Crippen molar-refractivity contribution in [1.82, 2.24) is 4.90 Å². The van der Waals surface area contributed by atoms with Crippen LogP contribution in [0.15, 0.2) is 22.7 Å². The van der Waals surface area contributed by atoms with Gasteiger partial charge in [-0.1, -0.05) is 15.9 Å². The molecule has 0 amide bonds. The summed E-state index contributed by atoms with van der Waals surface area (Å²) in [7, 11) is 0. The van der Waals surface area contributed by atoms with Gasteiger partial charge in [-0.05, 0) is 37.6 Å². The molecule has 0 bridgehead atoms. The maximum Gasteiger partial charge on any atom is 0.127 e. The topological polar surface area (TPSA) is 23.5 Å². The third-order valence-electron chi connectivity index (χ3n) is 2.88. The lowest BCUT2D eigenvalue weighted by Gasteiger charge is -2.30. The number of nitrogens with zero attached hydrogens (tertiary/aromatic N) is 1. The van der Waals surface area contributed by atoms with E-state index in [0.29, 0.717) is 18.7 Å². The van der Waals surface area contributed by atoms with Crippen LogP contribution in [0.5, 0.6) is 0 Å². The number of aliphatic hydroxyl groups excluding tert-OH is 1. The van der Waals surface area contributed by atoms with Crippen molar-refractivity contribution in [2.45, 2.75) is 25.5 Å². The number of piperidine rings is 1. The first kappa shape index (κ1) is 12.0. The number of likely N-dealkylation sites (tertiary alicyclic amines) is 1. The lowest BCUT2D eigenvalue weighted by Crippen LogP contribution is -2.37. The maximum absolute atomic E-state index is 13.5. The van der Waals surface area contributed by atoms with E-state index in [-0.39, 0.29) is 11.9 Å². The Bertz CT molecular complexity index is 372. The number of hydrogen-bond donors (Lipinski definition) is 1. The average Bonchev–Trinajstić information content (AvgIpc) is 2.24. The van der Waals surface area contributed by atoms with E-state index in [2.05, 4.69) is 20.8 Å². The monoisotopic (exact) mass is 287 g/mol. The van der Waals surface area contributed by atoms with Gasteiger partial charge in [-0.3, -0.25) is 4.90 Å². The van der Waals surface area contributed by atoms with E-state index in [1.54, 1.807) is 12.1 Å². The molecular formula is C12H15BrFNO. The number of hydrogen-bond acceptors (Lipinski definition) is 2. The molecule has 2 rings (SSSR count). The van der Waals surface area contributed by atoms with E-state index in [4.69, 9.17) is 0 Å². The van der Waals surface area contributed by atoms with Crippen molar-refractivity contribution in [3.05, 3.63) is 34.1 Å². The fourth-order valence-corrected chi connectivity index (χ4v) is 2.49. The Kier molecular flexibility index (Phi) is 3.95. The Morgan fingerprint density at radius 1 is 1.50 bits per heavy atom. The summed E-state index contributed by atoms with van der Waals surface area (Å²) in [5.74, 6) is -0.178. The molecule has 1 aromatic carbocycles. The van der Waals surface area contributed by atoms with Gasteiger partial charge in [-0.15, -0.1) is 0 Å². The number of aliphatic hydroxyl groups is 1. The molecule has 1 aliphatic rings. The van der Waals surface area contributed by atoms with Gasteiger partial charge in [0.1, 0.15) is 5.82 Å². The fraction of sp³-hybridized carbons (Fsp3) is 0.500. The summed E-state index contributed by atoms with van der Waals surface area (Å²) < 4.78 is 14.4. The minimum absolute atomic E-state index is 0.178. The van der Waals surface area contributed by atoms with Crippen molar-refractivity contribution in [1.29, 1.82) is 0 Å². The summed E-state index contributed by atoms with van der Waals surface area (Å²) in [5, 5.41) is 9.54. The van der Waals surface area contributed by atoms with E-state index >= 15 is 0 Å². The molecule has 88 valence electrons. The highest BCUT2D eigenvalue weighted by atomic mass is 79.9. The van der Waals surface area contributed by atoms with Crippen LogP contribution in [0.4, 0.5) is 4.39 Å². The highest BCUT2D eigenvalue weighted by Gasteiger charge is 2.18. The molecule has 0 aliphatic carbocycles. The average molecular weight is 288 g/mol. The standard InChI is InChI=1S/C12H15BrFNO/c13-10-3-4-12(14)9(6-10)7-15-5-1-2-11(16)8-15/h3-4,6,11,16H,1-2,5,7-8H2. The van der Waals surface area contributed by atoms with Crippen LogP contribution in [-0.4, -0.2) is 29.2 Å². The molecule has 0 saturated carbocycles. The first-order valence-corrected chi connectivity index (χ1v) is 6.29. The van der Waals surface area contributed by atoms with E-state index in [0.717, 1.165) is 23.9 Å². The molecule has 1 saturated heterocycles. The molecule has 1 unspecified atom stereocenters. The van der Waals surface area contributed by atoms with Crippen molar-refractivity contribution < 1.29 is 9.50 Å². The zero-order valence-corrected chi connectivity index (χ0v) is 10.6. The summed E-state index contributed by atoms with van der Waals surface area (Å²) in [6.07, 6.45) is 1.58. The first-order valence-electron chi connectivity index (χ1n) is 5.49. The van der Waals surface area contributed by atoms with Gasteiger partial charge < -0.3 is 5.11 Å². The molecule has 0 aromatic heterocycles.